The van der Waals surface area contributed by atoms with Crippen LogP contribution in [-0.4, -0.2) is 14.7 Å². The van der Waals surface area contributed by atoms with E-state index in [1.165, 1.54) is 6.26 Å². The van der Waals surface area contributed by atoms with E-state index >= 15 is 0 Å². The second kappa shape index (κ2) is 3.91. The number of rotatable bonds is 2. The molecule has 0 amide bonds. The number of sulfone groups is 1. The summed E-state index contributed by atoms with van der Waals surface area (Å²) in [5.41, 5.74) is 0.832. The highest BCUT2D eigenvalue weighted by Crippen LogP contribution is 2.37. The molecule has 2 nitrogen and oxygen atoms in total. The van der Waals surface area contributed by atoms with Gasteiger partial charge < -0.3 is 0 Å². The number of hydrogen-bond acceptors (Lipinski definition) is 2. The molecule has 0 radical (unpaired) electrons. The van der Waals surface area contributed by atoms with Crippen LogP contribution in [0.2, 0.25) is 0 Å². The molecule has 1 atom stereocenters. The summed E-state index contributed by atoms with van der Waals surface area (Å²) in [4.78, 5) is 0. The third-order valence-electron chi connectivity index (χ3n) is 2.96. The van der Waals surface area contributed by atoms with Gasteiger partial charge in [-0.3, -0.25) is 0 Å². The fourth-order valence-electron chi connectivity index (χ4n) is 2.02. The maximum Gasteiger partial charge on any atom is 0.161 e. The fraction of sp³-hybridized carbons (Fsp3) is 0.231. The lowest BCUT2D eigenvalue weighted by molar-refractivity contribution is 0.564. The first kappa shape index (κ1) is 11.1. The molecule has 0 saturated heterocycles. The summed E-state index contributed by atoms with van der Waals surface area (Å²) in [6.45, 7) is 0. The molecule has 0 N–H and O–H groups in total. The molecule has 16 heavy (non-hydrogen) atoms. The van der Waals surface area contributed by atoms with Gasteiger partial charge in [-0.2, -0.15) is 0 Å². The van der Waals surface area contributed by atoms with Crippen molar-refractivity contribution in [2.75, 3.05) is 6.26 Å². The molecule has 0 bridgehead atoms. The Morgan fingerprint density at radius 2 is 1.81 bits per heavy atom. The van der Waals surface area contributed by atoms with E-state index in [-0.39, 0.29) is 0 Å². The molecular weight excluding hydrogens is 220 g/mol. The van der Waals surface area contributed by atoms with Crippen molar-refractivity contribution in [3.8, 4) is 0 Å². The third kappa shape index (κ3) is 1.71. The van der Waals surface area contributed by atoms with Gasteiger partial charge in [0.15, 0.2) is 9.84 Å². The van der Waals surface area contributed by atoms with E-state index in [0.717, 1.165) is 5.56 Å². The summed E-state index contributed by atoms with van der Waals surface area (Å²) in [6, 6.07) is 9.36. The number of allylic oxidation sites excluding steroid dienone is 3. The van der Waals surface area contributed by atoms with Gasteiger partial charge in [0, 0.05) is 6.26 Å². The Balaban J connectivity index is 2.62. The van der Waals surface area contributed by atoms with Gasteiger partial charge in [0.05, 0.1) is 0 Å². The Hall–Kier alpha value is -1.35. The lowest BCUT2D eigenvalue weighted by atomic mass is 9.91. The predicted octanol–water partition coefficient (Wildman–Crippen LogP) is 2.44. The normalized spacial score (nSPS) is 24.6. The molecule has 1 unspecified atom stereocenters. The van der Waals surface area contributed by atoms with E-state index in [4.69, 9.17) is 0 Å². The fourth-order valence-corrected chi connectivity index (χ4v) is 3.31. The molecule has 0 heterocycles. The smallest absolute Gasteiger partial charge is 0.161 e. The second-order valence-corrected chi connectivity index (χ2v) is 6.29. The van der Waals surface area contributed by atoms with Crippen LogP contribution in [0.3, 0.4) is 0 Å². The van der Waals surface area contributed by atoms with Crippen LogP contribution in [0.5, 0.6) is 0 Å². The first-order valence-electron chi connectivity index (χ1n) is 5.16. The molecule has 1 aliphatic carbocycles. The van der Waals surface area contributed by atoms with Gasteiger partial charge in [0.2, 0.25) is 0 Å². The zero-order valence-corrected chi connectivity index (χ0v) is 9.94. The molecule has 3 heteroatoms. The Morgan fingerprint density at radius 3 is 2.31 bits per heavy atom. The standard InChI is InChI=1S/C13H14O2S/c1-16(14,15)13(10-6-3-7-11-13)12-8-4-2-5-9-12/h2-10H,11H2,1H3. The second-order valence-electron chi connectivity index (χ2n) is 4.02. The minimum Gasteiger partial charge on any atom is -0.228 e. The molecule has 0 aromatic heterocycles. The van der Waals surface area contributed by atoms with Crippen LogP contribution >= 0.6 is 0 Å². The van der Waals surface area contributed by atoms with Crippen LogP contribution in [0.1, 0.15) is 12.0 Å². The molecule has 2 rings (SSSR count). The average Bonchev–Trinajstić information content (AvgIpc) is 2.30. The molecule has 1 aromatic rings. The van der Waals surface area contributed by atoms with Crippen molar-refractivity contribution in [1.82, 2.24) is 0 Å². The Labute approximate surface area is 96.2 Å². The molecule has 84 valence electrons. The van der Waals surface area contributed by atoms with Gasteiger partial charge >= 0.3 is 0 Å². The van der Waals surface area contributed by atoms with Gasteiger partial charge in [0.25, 0.3) is 0 Å². The summed E-state index contributed by atoms with van der Waals surface area (Å²) in [7, 11) is -3.18. The summed E-state index contributed by atoms with van der Waals surface area (Å²) in [5.74, 6) is 0. The first-order valence-corrected chi connectivity index (χ1v) is 7.05. The van der Waals surface area contributed by atoms with Gasteiger partial charge in [-0.05, 0) is 12.0 Å². The molecule has 0 saturated carbocycles. The van der Waals surface area contributed by atoms with E-state index in [1.54, 1.807) is 12.2 Å². The van der Waals surface area contributed by atoms with Crippen LogP contribution in [0.15, 0.2) is 54.6 Å². The van der Waals surface area contributed by atoms with Gasteiger partial charge in [-0.15, -0.1) is 0 Å². The minimum absolute atomic E-state index is 0.506. The number of benzene rings is 1. The van der Waals surface area contributed by atoms with Crippen LogP contribution in [-0.2, 0) is 14.6 Å². The maximum atomic E-state index is 12.0. The summed E-state index contributed by atoms with van der Waals surface area (Å²) in [5, 5.41) is 0. The molecule has 1 aromatic carbocycles. The number of hydrogen-bond donors (Lipinski definition) is 0. The zero-order valence-electron chi connectivity index (χ0n) is 9.13. The van der Waals surface area contributed by atoms with Gasteiger partial charge in [-0.1, -0.05) is 54.6 Å². The van der Waals surface area contributed by atoms with Crippen molar-refractivity contribution in [2.24, 2.45) is 0 Å². The molecule has 0 aliphatic heterocycles. The van der Waals surface area contributed by atoms with E-state index < -0.39 is 14.6 Å². The maximum absolute atomic E-state index is 12.0. The van der Waals surface area contributed by atoms with Crippen LogP contribution in [0.25, 0.3) is 0 Å². The Morgan fingerprint density at radius 1 is 1.12 bits per heavy atom. The predicted molar refractivity (Wildman–Crippen MR) is 65.9 cm³/mol. The Bertz CT molecular complexity index is 526. The monoisotopic (exact) mass is 234 g/mol. The highest BCUT2D eigenvalue weighted by molar-refractivity contribution is 7.91. The lowest BCUT2D eigenvalue weighted by Gasteiger charge is -2.29. The van der Waals surface area contributed by atoms with Crippen molar-refractivity contribution < 1.29 is 8.42 Å². The third-order valence-corrected chi connectivity index (χ3v) is 4.82. The van der Waals surface area contributed by atoms with E-state index in [9.17, 15) is 8.42 Å². The average molecular weight is 234 g/mol. The largest absolute Gasteiger partial charge is 0.228 e. The van der Waals surface area contributed by atoms with Gasteiger partial charge in [-0.25, -0.2) is 8.42 Å². The van der Waals surface area contributed by atoms with Crippen LogP contribution in [0.4, 0.5) is 0 Å². The first-order chi connectivity index (χ1) is 7.56. The summed E-state index contributed by atoms with van der Waals surface area (Å²) in [6.07, 6.45) is 9.16. The van der Waals surface area contributed by atoms with E-state index in [2.05, 4.69) is 0 Å². The van der Waals surface area contributed by atoms with E-state index in [1.807, 2.05) is 42.5 Å². The van der Waals surface area contributed by atoms with Crippen molar-refractivity contribution in [3.63, 3.8) is 0 Å². The van der Waals surface area contributed by atoms with Crippen LogP contribution in [0, 0.1) is 0 Å². The highest BCUT2D eigenvalue weighted by atomic mass is 32.2. The van der Waals surface area contributed by atoms with Crippen LogP contribution < -0.4 is 0 Å². The topological polar surface area (TPSA) is 34.1 Å². The lowest BCUT2D eigenvalue weighted by Crippen LogP contribution is -2.33. The molecule has 0 spiro atoms. The molecule has 0 fully saturated rings. The highest BCUT2D eigenvalue weighted by Gasteiger charge is 2.39. The molecular formula is C13H14O2S. The van der Waals surface area contributed by atoms with Crippen molar-refractivity contribution in [2.45, 2.75) is 11.2 Å². The SMILES string of the molecule is CS(=O)(=O)C1(c2ccccc2)C=CC=CC1. The van der Waals surface area contributed by atoms with Crippen molar-refractivity contribution in [3.05, 3.63) is 60.2 Å². The summed E-state index contributed by atoms with van der Waals surface area (Å²) >= 11 is 0. The Kier molecular flexibility index (Phi) is 2.72. The molecule has 1 aliphatic rings. The zero-order chi connectivity index (χ0) is 11.6. The quantitative estimate of drug-likeness (QED) is 0.787. The van der Waals surface area contributed by atoms with Crippen molar-refractivity contribution >= 4 is 9.84 Å². The summed E-state index contributed by atoms with van der Waals surface area (Å²) < 4.78 is 23.2. The minimum atomic E-state index is -3.18. The van der Waals surface area contributed by atoms with Crippen molar-refractivity contribution in [1.29, 1.82) is 0 Å². The van der Waals surface area contributed by atoms with E-state index in [0.29, 0.717) is 6.42 Å². The van der Waals surface area contributed by atoms with Gasteiger partial charge in [0.1, 0.15) is 4.75 Å².